The third kappa shape index (κ3) is 5.46. The van der Waals surface area contributed by atoms with Crippen LogP contribution in [-0.2, 0) is 19.4 Å². The van der Waals surface area contributed by atoms with Gasteiger partial charge in [-0.1, -0.05) is 13.8 Å². The number of sulfone groups is 1. The molecule has 2 atom stereocenters. The summed E-state index contributed by atoms with van der Waals surface area (Å²) in [6.45, 7) is 4.38. The second kappa shape index (κ2) is 7.03. The zero-order chi connectivity index (χ0) is 15.3. The lowest BCUT2D eigenvalue weighted by atomic mass is 10.1. The van der Waals surface area contributed by atoms with Crippen LogP contribution >= 0.6 is 0 Å². The smallest absolute Gasteiger partial charge is 0.307 e. The Balaban J connectivity index is 2.42. The number of hydrogen-bond acceptors (Lipinski definition) is 5. The minimum absolute atomic E-state index is 0.00358. The Morgan fingerprint density at radius 2 is 2.10 bits per heavy atom. The molecule has 20 heavy (non-hydrogen) atoms. The largest absolute Gasteiger partial charge is 0.481 e. The van der Waals surface area contributed by atoms with Crippen molar-refractivity contribution < 1.29 is 23.1 Å². The molecule has 0 aromatic carbocycles. The number of amides is 1. The SMILES string of the molecule is CCN(CC(=O)NC1CCS(=O)(=O)C1)CC(C)C(=O)O. The number of carbonyl (C=O) groups is 2. The number of carboxylic acids is 1. The maximum atomic E-state index is 11.8. The maximum absolute atomic E-state index is 11.8. The fourth-order valence-electron chi connectivity index (χ4n) is 2.16. The molecule has 7 nitrogen and oxygen atoms in total. The average Bonchev–Trinajstić information content (AvgIpc) is 2.67. The summed E-state index contributed by atoms with van der Waals surface area (Å²) in [7, 11) is -3.01. The standard InChI is InChI=1S/C12H22N2O5S/c1-3-14(6-9(2)12(16)17)7-11(15)13-10-4-5-20(18,19)8-10/h9-10H,3-8H2,1-2H3,(H,13,15)(H,16,17). The van der Waals surface area contributed by atoms with Gasteiger partial charge in [-0.3, -0.25) is 14.5 Å². The van der Waals surface area contributed by atoms with Gasteiger partial charge in [-0.05, 0) is 13.0 Å². The molecule has 2 unspecified atom stereocenters. The van der Waals surface area contributed by atoms with E-state index in [0.29, 0.717) is 19.5 Å². The average molecular weight is 306 g/mol. The van der Waals surface area contributed by atoms with E-state index in [2.05, 4.69) is 5.32 Å². The number of nitrogens with one attached hydrogen (secondary N) is 1. The summed E-state index contributed by atoms with van der Waals surface area (Å²) in [5.74, 6) is -1.59. The number of likely N-dealkylation sites (N-methyl/N-ethyl adjacent to an activating group) is 1. The van der Waals surface area contributed by atoms with Gasteiger partial charge in [-0.15, -0.1) is 0 Å². The highest BCUT2D eigenvalue weighted by molar-refractivity contribution is 7.91. The molecular weight excluding hydrogens is 284 g/mol. The molecule has 0 aromatic heterocycles. The third-order valence-electron chi connectivity index (χ3n) is 3.37. The van der Waals surface area contributed by atoms with Crippen LogP contribution in [0.1, 0.15) is 20.3 Å². The third-order valence-corrected chi connectivity index (χ3v) is 5.13. The summed E-state index contributed by atoms with van der Waals surface area (Å²) >= 11 is 0. The molecule has 0 spiro atoms. The van der Waals surface area contributed by atoms with Crippen molar-refractivity contribution >= 4 is 21.7 Å². The van der Waals surface area contributed by atoms with Crippen molar-refractivity contribution in [2.45, 2.75) is 26.3 Å². The van der Waals surface area contributed by atoms with E-state index < -0.39 is 21.7 Å². The van der Waals surface area contributed by atoms with Crippen LogP contribution in [0, 0.1) is 5.92 Å². The maximum Gasteiger partial charge on any atom is 0.307 e. The van der Waals surface area contributed by atoms with Crippen LogP contribution in [0.4, 0.5) is 0 Å². The molecule has 0 bridgehead atoms. The molecule has 0 aromatic rings. The van der Waals surface area contributed by atoms with Crippen LogP contribution in [0.3, 0.4) is 0 Å². The first-order chi connectivity index (χ1) is 9.23. The molecule has 116 valence electrons. The van der Waals surface area contributed by atoms with Gasteiger partial charge in [0.25, 0.3) is 0 Å². The predicted molar refractivity (Wildman–Crippen MR) is 74.1 cm³/mol. The lowest BCUT2D eigenvalue weighted by Gasteiger charge is -2.22. The molecule has 1 rings (SSSR count). The van der Waals surface area contributed by atoms with Gasteiger partial charge in [-0.2, -0.15) is 0 Å². The molecule has 1 aliphatic heterocycles. The van der Waals surface area contributed by atoms with Crippen LogP contribution < -0.4 is 5.32 Å². The Bertz CT molecular complexity index is 462. The quantitative estimate of drug-likeness (QED) is 0.646. The van der Waals surface area contributed by atoms with Gasteiger partial charge in [0, 0.05) is 12.6 Å². The van der Waals surface area contributed by atoms with Gasteiger partial charge in [0.05, 0.1) is 24.0 Å². The zero-order valence-electron chi connectivity index (χ0n) is 11.8. The van der Waals surface area contributed by atoms with Gasteiger partial charge < -0.3 is 10.4 Å². The van der Waals surface area contributed by atoms with E-state index in [4.69, 9.17) is 5.11 Å². The highest BCUT2D eigenvalue weighted by atomic mass is 32.2. The first-order valence-electron chi connectivity index (χ1n) is 6.68. The Hall–Kier alpha value is -1.15. The van der Waals surface area contributed by atoms with Gasteiger partial charge >= 0.3 is 5.97 Å². The number of rotatable bonds is 7. The molecule has 1 aliphatic rings. The van der Waals surface area contributed by atoms with Crippen LogP contribution in [0.25, 0.3) is 0 Å². The van der Waals surface area contributed by atoms with E-state index in [1.165, 1.54) is 0 Å². The lowest BCUT2D eigenvalue weighted by molar-refractivity contribution is -0.142. The molecule has 0 radical (unpaired) electrons. The summed E-state index contributed by atoms with van der Waals surface area (Å²) in [6, 6.07) is -0.317. The van der Waals surface area contributed by atoms with E-state index in [1.807, 2.05) is 6.92 Å². The van der Waals surface area contributed by atoms with Crippen molar-refractivity contribution in [1.82, 2.24) is 10.2 Å². The summed E-state index contributed by atoms with van der Waals surface area (Å²) in [5, 5.41) is 11.5. The highest BCUT2D eigenvalue weighted by Crippen LogP contribution is 2.11. The Morgan fingerprint density at radius 3 is 2.55 bits per heavy atom. The van der Waals surface area contributed by atoms with Gasteiger partial charge in [0.1, 0.15) is 0 Å². The zero-order valence-corrected chi connectivity index (χ0v) is 12.6. The van der Waals surface area contributed by atoms with E-state index >= 15 is 0 Å². The first kappa shape index (κ1) is 16.9. The number of nitrogens with zero attached hydrogens (tertiary/aromatic N) is 1. The minimum Gasteiger partial charge on any atom is -0.481 e. The normalized spacial score (nSPS) is 22.6. The summed E-state index contributed by atoms with van der Waals surface area (Å²) < 4.78 is 22.6. The second-order valence-electron chi connectivity index (χ2n) is 5.23. The second-order valence-corrected chi connectivity index (χ2v) is 7.46. The minimum atomic E-state index is -3.01. The number of carbonyl (C=O) groups excluding carboxylic acids is 1. The summed E-state index contributed by atoms with van der Waals surface area (Å²) in [6.07, 6.45) is 0.450. The van der Waals surface area contributed by atoms with Crippen LogP contribution in [0.2, 0.25) is 0 Å². The molecule has 1 saturated heterocycles. The molecule has 1 fully saturated rings. The molecule has 1 heterocycles. The van der Waals surface area contributed by atoms with E-state index in [1.54, 1.807) is 11.8 Å². The van der Waals surface area contributed by atoms with Crippen molar-refractivity contribution in [1.29, 1.82) is 0 Å². The van der Waals surface area contributed by atoms with Crippen molar-refractivity contribution in [2.24, 2.45) is 5.92 Å². The van der Waals surface area contributed by atoms with Crippen molar-refractivity contribution in [3.05, 3.63) is 0 Å². The molecule has 8 heteroatoms. The highest BCUT2D eigenvalue weighted by Gasteiger charge is 2.29. The number of hydrogen-bond donors (Lipinski definition) is 2. The fourth-order valence-corrected chi connectivity index (χ4v) is 3.83. The van der Waals surface area contributed by atoms with Crippen molar-refractivity contribution in [2.75, 3.05) is 31.1 Å². The van der Waals surface area contributed by atoms with Gasteiger partial charge in [0.2, 0.25) is 5.91 Å². The summed E-state index contributed by atoms with van der Waals surface area (Å²) in [4.78, 5) is 24.4. The van der Waals surface area contributed by atoms with Crippen LogP contribution in [0.5, 0.6) is 0 Å². The van der Waals surface area contributed by atoms with Crippen molar-refractivity contribution in [3.63, 3.8) is 0 Å². The first-order valence-corrected chi connectivity index (χ1v) is 8.50. The fraction of sp³-hybridized carbons (Fsp3) is 0.833. The van der Waals surface area contributed by atoms with Crippen LogP contribution in [-0.4, -0.2) is 67.5 Å². The number of carboxylic acid groups (broad SMARTS) is 1. The Labute approximate surface area is 119 Å². The molecule has 1 amide bonds. The van der Waals surface area contributed by atoms with Crippen molar-refractivity contribution in [3.8, 4) is 0 Å². The lowest BCUT2D eigenvalue weighted by Crippen LogP contribution is -2.44. The number of aliphatic carboxylic acids is 1. The van der Waals surface area contributed by atoms with E-state index in [9.17, 15) is 18.0 Å². The topological polar surface area (TPSA) is 104 Å². The predicted octanol–water partition coefficient (Wildman–Crippen LogP) is -0.668. The van der Waals surface area contributed by atoms with E-state index in [-0.39, 0.29) is 30.0 Å². The molecule has 2 N–H and O–H groups in total. The van der Waals surface area contributed by atoms with Crippen LogP contribution in [0.15, 0.2) is 0 Å². The van der Waals surface area contributed by atoms with E-state index in [0.717, 1.165) is 0 Å². The Kier molecular flexibility index (Phi) is 5.94. The van der Waals surface area contributed by atoms with Gasteiger partial charge in [0.15, 0.2) is 9.84 Å². The molecular formula is C12H22N2O5S. The van der Waals surface area contributed by atoms with Gasteiger partial charge in [-0.25, -0.2) is 8.42 Å². The molecule has 0 aliphatic carbocycles. The summed E-state index contributed by atoms with van der Waals surface area (Å²) in [5.41, 5.74) is 0. The molecule has 0 saturated carbocycles. The Morgan fingerprint density at radius 1 is 1.45 bits per heavy atom. The monoisotopic (exact) mass is 306 g/mol.